The zero-order valence-corrected chi connectivity index (χ0v) is 7.05. The minimum atomic E-state index is -0.420. The summed E-state index contributed by atoms with van der Waals surface area (Å²) >= 11 is 0. The topological polar surface area (TPSA) is 46.3 Å². The van der Waals surface area contributed by atoms with Gasteiger partial charge in [0.05, 0.1) is 0 Å². The van der Waals surface area contributed by atoms with Crippen LogP contribution in [0.3, 0.4) is 0 Å². The van der Waals surface area contributed by atoms with E-state index in [9.17, 15) is 4.79 Å². The van der Waals surface area contributed by atoms with E-state index in [1.165, 1.54) is 11.1 Å². The summed E-state index contributed by atoms with van der Waals surface area (Å²) in [7, 11) is 0. The average molecular weight is 156 g/mol. The van der Waals surface area contributed by atoms with Crippen LogP contribution in [0.2, 0.25) is 0 Å². The summed E-state index contributed by atoms with van der Waals surface area (Å²) in [5, 5.41) is 0. The van der Waals surface area contributed by atoms with Gasteiger partial charge in [0.15, 0.2) is 0 Å². The molecule has 0 aromatic carbocycles. The lowest BCUT2D eigenvalue weighted by Gasteiger charge is -2.13. The van der Waals surface area contributed by atoms with E-state index < -0.39 is 6.03 Å². The standard InChI is InChI=1S/C8H16N2O/c1-3-5-6-7-10(4-2)8(9)11/h4H,2-3,5-7H2,1H3,(H2,9,11). The Morgan fingerprint density at radius 3 is 2.64 bits per heavy atom. The normalized spacial score (nSPS) is 9.18. The van der Waals surface area contributed by atoms with Crippen LogP contribution in [0.1, 0.15) is 26.2 Å². The van der Waals surface area contributed by atoms with Gasteiger partial charge >= 0.3 is 6.03 Å². The molecule has 11 heavy (non-hydrogen) atoms. The molecule has 0 atom stereocenters. The van der Waals surface area contributed by atoms with Crippen molar-refractivity contribution < 1.29 is 4.79 Å². The first-order valence-corrected chi connectivity index (χ1v) is 3.91. The molecule has 0 aliphatic rings. The van der Waals surface area contributed by atoms with Gasteiger partial charge in [0.1, 0.15) is 0 Å². The Kier molecular flexibility index (Phi) is 5.25. The van der Waals surface area contributed by atoms with Crippen LogP contribution in [0.25, 0.3) is 0 Å². The van der Waals surface area contributed by atoms with E-state index >= 15 is 0 Å². The maximum atomic E-state index is 10.6. The van der Waals surface area contributed by atoms with E-state index in [0.717, 1.165) is 19.3 Å². The zero-order chi connectivity index (χ0) is 8.69. The van der Waals surface area contributed by atoms with Crippen LogP contribution >= 0.6 is 0 Å². The third kappa shape index (κ3) is 4.42. The maximum absolute atomic E-state index is 10.6. The lowest BCUT2D eigenvalue weighted by molar-refractivity contribution is 0.224. The summed E-state index contributed by atoms with van der Waals surface area (Å²) in [4.78, 5) is 12.0. The van der Waals surface area contributed by atoms with E-state index in [0.29, 0.717) is 6.54 Å². The van der Waals surface area contributed by atoms with Crippen LogP contribution in [-0.2, 0) is 0 Å². The Morgan fingerprint density at radius 2 is 2.27 bits per heavy atom. The number of carbonyl (C=O) groups excluding carboxylic acids is 1. The second kappa shape index (κ2) is 5.77. The van der Waals surface area contributed by atoms with Crippen LogP contribution in [0.15, 0.2) is 12.8 Å². The monoisotopic (exact) mass is 156 g/mol. The number of urea groups is 1. The third-order valence-corrected chi connectivity index (χ3v) is 1.51. The molecule has 0 saturated heterocycles. The highest BCUT2D eigenvalue weighted by atomic mass is 16.2. The second-order valence-electron chi connectivity index (χ2n) is 2.42. The number of hydrogen-bond acceptors (Lipinski definition) is 1. The van der Waals surface area contributed by atoms with Crippen LogP contribution in [-0.4, -0.2) is 17.5 Å². The van der Waals surface area contributed by atoms with Crippen molar-refractivity contribution in [2.24, 2.45) is 5.73 Å². The largest absolute Gasteiger partial charge is 0.351 e. The molecule has 0 spiro atoms. The Bertz CT molecular complexity index is 134. The summed E-state index contributed by atoms with van der Waals surface area (Å²) in [5.74, 6) is 0. The smallest absolute Gasteiger partial charge is 0.318 e. The van der Waals surface area contributed by atoms with Crippen LogP contribution < -0.4 is 5.73 Å². The molecule has 0 rings (SSSR count). The molecule has 2 N–H and O–H groups in total. The first kappa shape index (κ1) is 10.0. The molecule has 0 saturated carbocycles. The minimum Gasteiger partial charge on any atom is -0.351 e. The molecular formula is C8H16N2O. The van der Waals surface area contributed by atoms with Crippen molar-refractivity contribution >= 4 is 6.03 Å². The summed E-state index contributed by atoms with van der Waals surface area (Å²) in [6.07, 6.45) is 4.73. The number of unbranched alkanes of at least 4 members (excludes halogenated alkanes) is 2. The second-order valence-corrected chi connectivity index (χ2v) is 2.42. The average Bonchev–Trinajstić information content (AvgIpc) is 1.97. The summed E-state index contributed by atoms with van der Waals surface area (Å²) in [6, 6.07) is -0.420. The predicted octanol–water partition coefficient (Wildman–Crippen LogP) is 1.70. The first-order valence-electron chi connectivity index (χ1n) is 3.91. The maximum Gasteiger partial charge on any atom is 0.318 e. The van der Waals surface area contributed by atoms with Crippen LogP contribution in [0.4, 0.5) is 4.79 Å². The molecule has 0 fully saturated rings. The Balaban J connectivity index is 3.52. The Labute approximate surface area is 67.9 Å². The van der Waals surface area contributed by atoms with Gasteiger partial charge < -0.3 is 10.6 Å². The molecule has 64 valence electrons. The predicted molar refractivity (Wildman–Crippen MR) is 46.0 cm³/mol. The zero-order valence-electron chi connectivity index (χ0n) is 7.05. The molecule has 0 radical (unpaired) electrons. The number of rotatable bonds is 5. The SMILES string of the molecule is C=CN(CCCCC)C(N)=O. The highest BCUT2D eigenvalue weighted by molar-refractivity contribution is 5.72. The molecule has 2 amide bonds. The highest BCUT2D eigenvalue weighted by Crippen LogP contribution is 1.97. The first-order chi connectivity index (χ1) is 5.22. The van der Waals surface area contributed by atoms with Crippen molar-refractivity contribution in [2.75, 3.05) is 6.54 Å². The number of amides is 2. The van der Waals surface area contributed by atoms with E-state index in [1.54, 1.807) is 0 Å². The van der Waals surface area contributed by atoms with Gasteiger partial charge in [-0.15, -0.1) is 0 Å². The summed E-state index contributed by atoms with van der Waals surface area (Å²) in [5.41, 5.74) is 5.05. The van der Waals surface area contributed by atoms with Gasteiger partial charge in [0.2, 0.25) is 0 Å². The number of nitrogens with two attached hydrogens (primary N) is 1. The van der Waals surface area contributed by atoms with Crippen LogP contribution in [0.5, 0.6) is 0 Å². The molecular weight excluding hydrogens is 140 g/mol. The van der Waals surface area contributed by atoms with Crippen molar-refractivity contribution in [3.05, 3.63) is 12.8 Å². The summed E-state index contributed by atoms with van der Waals surface area (Å²) in [6.45, 7) is 6.29. The lowest BCUT2D eigenvalue weighted by Crippen LogP contribution is -2.31. The molecule has 0 aromatic rings. The van der Waals surface area contributed by atoms with Gasteiger partial charge in [-0.05, 0) is 6.42 Å². The Hall–Kier alpha value is -0.990. The molecule has 0 unspecified atom stereocenters. The van der Waals surface area contributed by atoms with Crippen molar-refractivity contribution in [2.45, 2.75) is 26.2 Å². The number of primary amides is 1. The van der Waals surface area contributed by atoms with Crippen molar-refractivity contribution in [3.63, 3.8) is 0 Å². The van der Waals surface area contributed by atoms with Crippen LogP contribution in [0, 0.1) is 0 Å². The highest BCUT2D eigenvalue weighted by Gasteiger charge is 2.02. The molecule has 0 bridgehead atoms. The summed E-state index contributed by atoms with van der Waals surface area (Å²) < 4.78 is 0. The van der Waals surface area contributed by atoms with Crippen molar-refractivity contribution in [1.29, 1.82) is 0 Å². The van der Waals surface area contributed by atoms with Gasteiger partial charge in [-0.3, -0.25) is 0 Å². The van der Waals surface area contributed by atoms with E-state index in [-0.39, 0.29) is 0 Å². The van der Waals surface area contributed by atoms with Gasteiger partial charge in [0.25, 0.3) is 0 Å². The fraction of sp³-hybridized carbons (Fsp3) is 0.625. The van der Waals surface area contributed by atoms with Crippen molar-refractivity contribution in [3.8, 4) is 0 Å². The molecule has 0 aromatic heterocycles. The number of hydrogen-bond donors (Lipinski definition) is 1. The van der Waals surface area contributed by atoms with Gasteiger partial charge in [-0.2, -0.15) is 0 Å². The van der Waals surface area contributed by atoms with Gasteiger partial charge in [0, 0.05) is 12.7 Å². The Morgan fingerprint density at radius 1 is 1.64 bits per heavy atom. The van der Waals surface area contributed by atoms with Gasteiger partial charge in [-0.1, -0.05) is 26.3 Å². The molecule has 3 heteroatoms. The molecule has 0 aliphatic heterocycles. The third-order valence-electron chi connectivity index (χ3n) is 1.51. The quantitative estimate of drug-likeness (QED) is 0.605. The van der Waals surface area contributed by atoms with Gasteiger partial charge in [-0.25, -0.2) is 4.79 Å². The van der Waals surface area contributed by atoms with E-state index in [1.807, 2.05) is 0 Å². The lowest BCUT2D eigenvalue weighted by atomic mass is 10.2. The molecule has 0 aliphatic carbocycles. The number of carbonyl (C=O) groups is 1. The fourth-order valence-electron chi connectivity index (χ4n) is 0.824. The molecule has 3 nitrogen and oxygen atoms in total. The fourth-order valence-corrected chi connectivity index (χ4v) is 0.824. The molecule has 0 heterocycles. The van der Waals surface area contributed by atoms with Crippen molar-refractivity contribution in [1.82, 2.24) is 4.90 Å². The van der Waals surface area contributed by atoms with E-state index in [4.69, 9.17) is 5.73 Å². The minimum absolute atomic E-state index is 0.420. The van der Waals surface area contributed by atoms with E-state index in [2.05, 4.69) is 13.5 Å². The number of nitrogens with zero attached hydrogens (tertiary/aromatic N) is 1.